The highest BCUT2D eigenvalue weighted by molar-refractivity contribution is 9.11. The standard InChI is InChI=1S/C14H23BrN2O2S2/c1-9(2)16-8-11-7-13(14(15)20-11)21(18,19)17-12-6-4-5-10(12)3/h7,9-10,12,16-17H,4-6,8H2,1-3H3. The predicted molar refractivity (Wildman–Crippen MR) is 91.1 cm³/mol. The van der Waals surface area contributed by atoms with Gasteiger partial charge in [0, 0.05) is 23.5 Å². The first-order chi connectivity index (χ1) is 9.79. The third-order valence-corrected chi connectivity index (χ3v) is 7.59. The van der Waals surface area contributed by atoms with Gasteiger partial charge in [-0.2, -0.15) is 0 Å². The zero-order valence-corrected chi connectivity index (χ0v) is 15.9. The maximum Gasteiger partial charge on any atom is 0.242 e. The molecule has 0 radical (unpaired) electrons. The van der Waals surface area contributed by atoms with Crippen molar-refractivity contribution in [2.75, 3.05) is 0 Å². The molecular weight excluding hydrogens is 372 g/mol. The van der Waals surface area contributed by atoms with E-state index < -0.39 is 10.0 Å². The summed E-state index contributed by atoms with van der Waals surface area (Å²) < 4.78 is 28.7. The quantitative estimate of drug-likeness (QED) is 0.776. The van der Waals surface area contributed by atoms with Crippen molar-refractivity contribution in [3.8, 4) is 0 Å². The van der Waals surface area contributed by atoms with Crippen LogP contribution < -0.4 is 10.0 Å². The lowest BCUT2D eigenvalue weighted by Crippen LogP contribution is -2.36. The predicted octanol–water partition coefficient (Wildman–Crippen LogP) is 3.48. The van der Waals surface area contributed by atoms with Crippen molar-refractivity contribution >= 4 is 37.3 Å². The van der Waals surface area contributed by atoms with Gasteiger partial charge in [-0.25, -0.2) is 13.1 Å². The SMILES string of the molecule is CC(C)NCc1cc(S(=O)(=O)NC2CCCC2C)c(Br)s1. The molecule has 0 bridgehead atoms. The summed E-state index contributed by atoms with van der Waals surface area (Å²) in [7, 11) is -3.44. The molecule has 0 saturated heterocycles. The lowest BCUT2D eigenvalue weighted by Gasteiger charge is -2.17. The van der Waals surface area contributed by atoms with E-state index >= 15 is 0 Å². The molecule has 2 N–H and O–H groups in total. The van der Waals surface area contributed by atoms with E-state index in [4.69, 9.17) is 0 Å². The molecule has 0 amide bonds. The van der Waals surface area contributed by atoms with Crippen LogP contribution in [0.2, 0.25) is 0 Å². The zero-order chi connectivity index (χ0) is 15.6. The summed E-state index contributed by atoms with van der Waals surface area (Å²) >= 11 is 4.87. The Morgan fingerprint density at radius 1 is 1.43 bits per heavy atom. The fourth-order valence-electron chi connectivity index (χ4n) is 2.56. The van der Waals surface area contributed by atoms with E-state index in [0.717, 1.165) is 24.1 Å². The van der Waals surface area contributed by atoms with Gasteiger partial charge in [0.05, 0.1) is 3.79 Å². The molecule has 1 saturated carbocycles. The topological polar surface area (TPSA) is 58.2 Å². The number of rotatable bonds is 6. The highest BCUT2D eigenvalue weighted by atomic mass is 79.9. The van der Waals surface area contributed by atoms with Crippen LogP contribution in [0.1, 0.15) is 44.9 Å². The van der Waals surface area contributed by atoms with Crippen molar-refractivity contribution in [3.05, 3.63) is 14.7 Å². The van der Waals surface area contributed by atoms with Crippen molar-refractivity contribution in [2.45, 2.75) is 63.6 Å². The van der Waals surface area contributed by atoms with Crippen LogP contribution in [0.25, 0.3) is 0 Å². The monoisotopic (exact) mass is 394 g/mol. The summed E-state index contributed by atoms with van der Waals surface area (Å²) in [5, 5.41) is 3.31. The largest absolute Gasteiger partial charge is 0.310 e. The Balaban J connectivity index is 2.12. The molecule has 1 heterocycles. The Labute approximate surface area is 139 Å². The summed E-state index contributed by atoms with van der Waals surface area (Å²) in [5.41, 5.74) is 0. The lowest BCUT2D eigenvalue weighted by molar-refractivity contribution is 0.476. The highest BCUT2D eigenvalue weighted by Crippen LogP contribution is 2.33. The summed E-state index contributed by atoms with van der Waals surface area (Å²) in [5.74, 6) is 0.416. The second kappa shape index (κ2) is 7.08. The molecule has 1 aliphatic carbocycles. The zero-order valence-electron chi connectivity index (χ0n) is 12.6. The number of thiophene rings is 1. The van der Waals surface area contributed by atoms with Crippen molar-refractivity contribution in [1.29, 1.82) is 0 Å². The van der Waals surface area contributed by atoms with Crippen molar-refractivity contribution in [1.82, 2.24) is 10.0 Å². The molecular formula is C14H23BrN2O2S2. The first kappa shape index (κ1) is 17.4. The molecule has 1 aromatic heterocycles. The van der Waals surface area contributed by atoms with Crippen LogP contribution in [0.4, 0.5) is 0 Å². The number of sulfonamides is 1. The van der Waals surface area contributed by atoms with E-state index in [1.165, 1.54) is 11.3 Å². The fourth-order valence-corrected chi connectivity index (χ4v) is 6.57. The number of hydrogen-bond donors (Lipinski definition) is 2. The molecule has 0 aliphatic heterocycles. The van der Waals surface area contributed by atoms with Crippen molar-refractivity contribution in [3.63, 3.8) is 0 Å². The maximum atomic E-state index is 12.6. The van der Waals surface area contributed by atoms with Crippen LogP contribution in [0.5, 0.6) is 0 Å². The second-order valence-electron chi connectivity index (χ2n) is 6.02. The average molecular weight is 395 g/mol. The van der Waals surface area contributed by atoms with E-state index in [1.54, 1.807) is 6.07 Å². The van der Waals surface area contributed by atoms with Gasteiger partial charge in [-0.1, -0.05) is 27.2 Å². The molecule has 0 spiro atoms. The van der Waals surface area contributed by atoms with Gasteiger partial charge in [-0.05, 0) is 40.8 Å². The third-order valence-electron chi connectivity index (χ3n) is 3.85. The molecule has 2 rings (SSSR count). The van der Waals surface area contributed by atoms with Gasteiger partial charge in [0.15, 0.2) is 0 Å². The Kier molecular flexibility index (Phi) is 5.87. The van der Waals surface area contributed by atoms with E-state index in [0.29, 0.717) is 27.2 Å². The minimum atomic E-state index is -3.44. The summed E-state index contributed by atoms with van der Waals surface area (Å²) in [6.45, 7) is 6.95. The molecule has 4 nitrogen and oxygen atoms in total. The van der Waals surface area contributed by atoms with Crippen LogP contribution in [-0.4, -0.2) is 20.5 Å². The third kappa shape index (κ3) is 4.51. The van der Waals surface area contributed by atoms with Crippen LogP contribution >= 0.6 is 27.3 Å². The normalized spacial score (nSPS) is 23.1. The van der Waals surface area contributed by atoms with Gasteiger partial charge in [-0.15, -0.1) is 11.3 Å². The fraction of sp³-hybridized carbons (Fsp3) is 0.714. The molecule has 1 fully saturated rings. The molecule has 120 valence electrons. The van der Waals surface area contributed by atoms with E-state index in [9.17, 15) is 8.42 Å². The Morgan fingerprint density at radius 3 is 2.71 bits per heavy atom. The van der Waals surface area contributed by atoms with Gasteiger partial charge in [0.25, 0.3) is 0 Å². The van der Waals surface area contributed by atoms with Crippen LogP contribution in [0.15, 0.2) is 14.7 Å². The number of hydrogen-bond acceptors (Lipinski definition) is 4. The van der Waals surface area contributed by atoms with Crippen LogP contribution in [-0.2, 0) is 16.6 Å². The van der Waals surface area contributed by atoms with Crippen LogP contribution in [0.3, 0.4) is 0 Å². The Morgan fingerprint density at radius 2 is 2.14 bits per heavy atom. The highest BCUT2D eigenvalue weighted by Gasteiger charge is 2.30. The summed E-state index contributed by atoms with van der Waals surface area (Å²) in [6, 6.07) is 2.22. The van der Waals surface area contributed by atoms with Gasteiger partial charge in [0.1, 0.15) is 4.90 Å². The molecule has 2 unspecified atom stereocenters. The number of halogens is 1. The molecule has 0 aromatic carbocycles. The van der Waals surface area contributed by atoms with E-state index in [-0.39, 0.29) is 6.04 Å². The second-order valence-corrected chi connectivity index (χ2v) is 10.2. The van der Waals surface area contributed by atoms with E-state index in [2.05, 4.69) is 46.7 Å². The lowest BCUT2D eigenvalue weighted by atomic mass is 10.1. The maximum absolute atomic E-state index is 12.6. The minimum Gasteiger partial charge on any atom is -0.310 e. The smallest absolute Gasteiger partial charge is 0.242 e. The van der Waals surface area contributed by atoms with Crippen molar-refractivity contribution in [2.24, 2.45) is 5.92 Å². The molecule has 7 heteroatoms. The molecule has 2 atom stereocenters. The van der Waals surface area contributed by atoms with Gasteiger partial charge >= 0.3 is 0 Å². The Bertz CT molecular complexity index is 584. The summed E-state index contributed by atoms with van der Waals surface area (Å²) in [6.07, 6.45) is 3.13. The van der Waals surface area contributed by atoms with Crippen LogP contribution in [0, 0.1) is 5.92 Å². The Hall–Kier alpha value is 0.0500. The van der Waals surface area contributed by atoms with Gasteiger partial charge < -0.3 is 5.32 Å². The first-order valence-electron chi connectivity index (χ1n) is 7.33. The van der Waals surface area contributed by atoms with E-state index in [1.807, 2.05) is 0 Å². The van der Waals surface area contributed by atoms with Gasteiger partial charge in [0.2, 0.25) is 10.0 Å². The number of nitrogens with one attached hydrogen (secondary N) is 2. The molecule has 21 heavy (non-hydrogen) atoms. The first-order valence-corrected chi connectivity index (χ1v) is 10.4. The average Bonchev–Trinajstić information content (AvgIpc) is 2.94. The molecule has 1 aromatic rings. The molecule has 1 aliphatic rings. The summed E-state index contributed by atoms with van der Waals surface area (Å²) in [4.78, 5) is 1.39. The van der Waals surface area contributed by atoms with Gasteiger partial charge in [-0.3, -0.25) is 0 Å². The van der Waals surface area contributed by atoms with Crippen molar-refractivity contribution < 1.29 is 8.42 Å². The minimum absolute atomic E-state index is 0.0686.